The van der Waals surface area contributed by atoms with E-state index in [-0.39, 0.29) is 27.5 Å². The van der Waals surface area contributed by atoms with Gasteiger partial charge in [0.2, 0.25) is 10.0 Å². The molecule has 0 aliphatic carbocycles. The van der Waals surface area contributed by atoms with E-state index in [1.165, 1.54) is 18.2 Å². The van der Waals surface area contributed by atoms with Crippen molar-refractivity contribution in [3.8, 4) is 5.69 Å². The number of imide groups is 1. The van der Waals surface area contributed by atoms with E-state index in [9.17, 15) is 22.8 Å². The van der Waals surface area contributed by atoms with Crippen LogP contribution in [-0.4, -0.2) is 24.8 Å². The Morgan fingerprint density at radius 1 is 1.08 bits per heavy atom. The van der Waals surface area contributed by atoms with Crippen LogP contribution >= 0.6 is 0 Å². The number of anilines is 1. The highest BCUT2D eigenvalue weighted by Crippen LogP contribution is 2.25. The zero-order valence-electron chi connectivity index (χ0n) is 12.4. The number of nitrogen functional groups attached to an aromatic ring is 1. The summed E-state index contributed by atoms with van der Waals surface area (Å²) in [5.41, 5.74) is 5.69. The van der Waals surface area contributed by atoms with Crippen molar-refractivity contribution < 1.29 is 18.0 Å². The predicted octanol–water partition coefficient (Wildman–Crippen LogP) is -0.741. The van der Waals surface area contributed by atoms with Crippen LogP contribution in [0.15, 0.2) is 34.0 Å². The number of nitrogens with zero attached hydrogens (tertiary/aromatic N) is 1. The van der Waals surface area contributed by atoms with Crippen molar-refractivity contribution in [2.75, 3.05) is 5.73 Å². The molecule has 0 saturated carbocycles. The second kappa shape index (κ2) is 5.01. The maximum atomic E-state index is 12.4. The van der Waals surface area contributed by atoms with Gasteiger partial charge in [0.05, 0.1) is 21.7 Å². The predicted molar refractivity (Wildman–Crippen MR) is 84.4 cm³/mol. The van der Waals surface area contributed by atoms with Gasteiger partial charge in [0.15, 0.2) is 0 Å². The zero-order chi connectivity index (χ0) is 17.8. The van der Waals surface area contributed by atoms with Crippen molar-refractivity contribution in [2.45, 2.75) is 11.8 Å². The summed E-state index contributed by atoms with van der Waals surface area (Å²) in [5.74, 6) is -1.68. The number of primary sulfonamides is 1. The maximum absolute atomic E-state index is 12.4. The van der Waals surface area contributed by atoms with Crippen LogP contribution in [0.5, 0.6) is 0 Å². The third-order valence-corrected chi connectivity index (χ3v) is 4.61. The van der Waals surface area contributed by atoms with Crippen LogP contribution in [0.4, 0.5) is 5.82 Å². The number of rotatable bonds is 2. The molecule has 0 saturated heterocycles. The number of hydrogen-bond donors (Lipinski definition) is 3. The van der Waals surface area contributed by atoms with Crippen LogP contribution in [-0.2, 0) is 10.0 Å². The summed E-state index contributed by atoms with van der Waals surface area (Å²) in [6.45, 7) is 1.63. The third kappa shape index (κ3) is 2.28. The standard InChI is InChI=1S/C14H12N4O5S/c1-6-2-3-7(24(16,22)23)4-9(6)18-10(19)5-8-11(12(18)15)14(21)17-13(8)20/h2-5H,15H2,1H3,(H2,16,22,23)(H,17,20,21). The maximum Gasteiger partial charge on any atom is 0.262 e. The molecule has 10 heteroatoms. The van der Waals surface area contributed by atoms with Crippen molar-refractivity contribution in [2.24, 2.45) is 5.14 Å². The zero-order valence-corrected chi connectivity index (χ0v) is 13.2. The monoisotopic (exact) mass is 348 g/mol. The van der Waals surface area contributed by atoms with Gasteiger partial charge in [-0.2, -0.15) is 0 Å². The van der Waals surface area contributed by atoms with Crippen molar-refractivity contribution >= 4 is 27.7 Å². The van der Waals surface area contributed by atoms with Gasteiger partial charge in [-0.15, -0.1) is 0 Å². The number of benzene rings is 1. The molecule has 0 fully saturated rings. The molecule has 9 nitrogen and oxygen atoms in total. The first-order valence-electron chi connectivity index (χ1n) is 6.66. The van der Waals surface area contributed by atoms with Gasteiger partial charge < -0.3 is 5.73 Å². The lowest BCUT2D eigenvalue weighted by molar-refractivity contribution is 0.0880. The van der Waals surface area contributed by atoms with Crippen molar-refractivity contribution in [3.05, 3.63) is 51.3 Å². The van der Waals surface area contributed by atoms with Crippen molar-refractivity contribution in [1.82, 2.24) is 9.88 Å². The third-order valence-electron chi connectivity index (χ3n) is 3.70. The van der Waals surface area contributed by atoms with Crippen LogP contribution in [0.1, 0.15) is 26.3 Å². The van der Waals surface area contributed by atoms with E-state index in [0.29, 0.717) is 5.56 Å². The Kier molecular flexibility index (Phi) is 3.32. The van der Waals surface area contributed by atoms with Gasteiger partial charge in [-0.25, -0.2) is 13.6 Å². The first-order valence-corrected chi connectivity index (χ1v) is 8.21. The molecule has 0 spiro atoms. The molecule has 0 unspecified atom stereocenters. The van der Waals surface area contributed by atoms with E-state index in [0.717, 1.165) is 10.6 Å². The summed E-state index contributed by atoms with van der Waals surface area (Å²) in [4.78, 5) is 35.7. The van der Waals surface area contributed by atoms with Crippen molar-refractivity contribution in [3.63, 3.8) is 0 Å². The van der Waals surface area contributed by atoms with Crippen LogP contribution in [0.25, 0.3) is 5.69 Å². The van der Waals surface area contributed by atoms with Crippen LogP contribution < -0.4 is 21.7 Å². The van der Waals surface area contributed by atoms with Crippen molar-refractivity contribution in [1.29, 1.82) is 0 Å². The molecule has 1 aromatic heterocycles. The second-order valence-corrected chi connectivity index (χ2v) is 6.83. The quantitative estimate of drug-likeness (QED) is 0.607. The Morgan fingerprint density at radius 2 is 1.75 bits per heavy atom. The number of aromatic nitrogens is 1. The summed E-state index contributed by atoms with van der Waals surface area (Å²) >= 11 is 0. The Labute approximate surface area is 135 Å². The average molecular weight is 348 g/mol. The lowest BCUT2D eigenvalue weighted by Crippen LogP contribution is -2.25. The van der Waals surface area contributed by atoms with Gasteiger partial charge in [-0.3, -0.25) is 24.3 Å². The minimum atomic E-state index is -4.00. The molecule has 3 rings (SSSR count). The molecule has 0 radical (unpaired) electrons. The lowest BCUT2D eigenvalue weighted by Gasteiger charge is -2.15. The number of fused-ring (bicyclic) bond motifs is 1. The number of nitrogens with two attached hydrogens (primary N) is 2. The molecule has 2 aromatic rings. The first-order chi connectivity index (χ1) is 11.1. The number of pyridine rings is 1. The number of aryl methyl sites for hydroxylation is 1. The molecule has 24 heavy (non-hydrogen) atoms. The summed E-state index contributed by atoms with van der Waals surface area (Å²) < 4.78 is 24.0. The number of sulfonamides is 1. The van der Waals surface area contributed by atoms with E-state index >= 15 is 0 Å². The normalized spacial score (nSPS) is 13.8. The molecule has 124 valence electrons. The fourth-order valence-electron chi connectivity index (χ4n) is 2.53. The van der Waals surface area contributed by atoms with Gasteiger partial charge in [0, 0.05) is 6.07 Å². The SMILES string of the molecule is Cc1ccc(S(N)(=O)=O)cc1-n1c(N)c2c(cc1=O)C(=O)NC2=O. The van der Waals surface area contributed by atoms with Gasteiger partial charge in [-0.1, -0.05) is 6.07 Å². The molecule has 2 amide bonds. The second-order valence-electron chi connectivity index (χ2n) is 5.27. The number of hydrogen-bond acceptors (Lipinski definition) is 6. The Balaban J connectivity index is 2.37. The first kappa shape index (κ1) is 15.9. The van der Waals surface area contributed by atoms with Gasteiger partial charge in [0.1, 0.15) is 5.82 Å². The minimum Gasteiger partial charge on any atom is -0.384 e. The number of carbonyl (C=O) groups excluding carboxylic acids is 2. The molecule has 1 aliphatic rings. The highest BCUT2D eigenvalue weighted by Gasteiger charge is 2.32. The lowest BCUT2D eigenvalue weighted by atomic mass is 10.1. The van der Waals surface area contributed by atoms with E-state index < -0.39 is 27.4 Å². The minimum absolute atomic E-state index is 0.112. The van der Waals surface area contributed by atoms with Gasteiger partial charge >= 0.3 is 0 Å². The van der Waals surface area contributed by atoms with Crippen LogP contribution in [0.2, 0.25) is 0 Å². The van der Waals surface area contributed by atoms with Gasteiger partial charge in [0.25, 0.3) is 17.4 Å². The fourth-order valence-corrected chi connectivity index (χ4v) is 3.07. The van der Waals surface area contributed by atoms with Crippen LogP contribution in [0, 0.1) is 6.92 Å². The number of carbonyl (C=O) groups is 2. The molecule has 0 atom stereocenters. The molecule has 1 aliphatic heterocycles. The summed E-state index contributed by atoms with van der Waals surface area (Å²) in [6, 6.07) is 4.91. The van der Waals surface area contributed by atoms with E-state index in [1.54, 1.807) is 6.92 Å². The Hall–Kier alpha value is -2.98. The highest BCUT2D eigenvalue weighted by molar-refractivity contribution is 7.89. The summed E-state index contributed by atoms with van der Waals surface area (Å²) in [7, 11) is -4.00. The molecule has 1 aromatic carbocycles. The van der Waals surface area contributed by atoms with Gasteiger partial charge in [-0.05, 0) is 24.6 Å². The Morgan fingerprint density at radius 3 is 2.38 bits per heavy atom. The highest BCUT2D eigenvalue weighted by atomic mass is 32.2. The smallest absolute Gasteiger partial charge is 0.262 e. The topological polar surface area (TPSA) is 154 Å². The average Bonchev–Trinajstić information content (AvgIpc) is 2.74. The van der Waals surface area contributed by atoms with E-state index in [2.05, 4.69) is 5.32 Å². The summed E-state index contributed by atoms with van der Waals surface area (Å²) in [6.07, 6.45) is 0. The molecule has 0 bridgehead atoms. The number of amides is 2. The van der Waals surface area contributed by atoms with Crippen LogP contribution in [0.3, 0.4) is 0 Å². The summed E-state index contributed by atoms with van der Waals surface area (Å²) in [5, 5.41) is 7.16. The molecular weight excluding hydrogens is 336 g/mol. The fraction of sp³-hybridized carbons (Fsp3) is 0.0714. The molecule has 5 N–H and O–H groups in total. The number of nitrogens with one attached hydrogen (secondary N) is 1. The van der Waals surface area contributed by atoms with E-state index in [1.807, 2.05) is 0 Å². The molecular formula is C14H12N4O5S. The Bertz CT molecular complexity index is 1090. The largest absolute Gasteiger partial charge is 0.384 e. The molecule has 2 heterocycles. The van der Waals surface area contributed by atoms with E-state index in [4.69, 9.17) is 10.9 Å².